The van der Waals surface area contributed by atoms with Crippen molar-refractivity contribution in [1.82, 2.24) is 0 Å². The van der Waals surface area contributed by atoms with Gasteiger partial charge in [-0.1, -0.05) is 36.4 Å². The van der Waals surface area contributed by atoms with Crippen molar-refractivity contribution in [3.05, 3.63) is 47.5 Å². The molecule has 0 heterocycles. The van der Waals surface area contributed by atoms with Gasteiger partial charge in [-0.2, -0.15) is 23.5 Å². The van der Waals surface area contributed by atoms with Gasteiger partial charge in [0.2, 0.25) is 0 Å². The number of carbonyl (C=O) groups is 2. The van der Waals surface area contributed by atoms with Gasteiger partial charge >= 0.3 is 5.97 Å². The fourth-order valence-corrected chi connectivity index (χ4v) is 6.12. The Bertz CT molecular complexity index is 724. The molecule has 1 aromatic carbocycles. The van der Waals surface area contributed by atoms with E-state index in [0.29, 0.717) is 6.42 Å². The number of carboxylic acid groups (broad SMARTS) is 1. The number of benzene rings is 1. The first-order valence-corrected chi connectivity index (χ1v) is 13.6. The van der Waals surface area contributed by atoms with Crippen LogP contribution in [0.3, 0.4) is 0 Å². The average molecular weight is 471 g/mol. The Kier molecular flexibility index (Phi) is 11.4. The van der Waals surface area contributed by atoms with E-state index in [1.807, 2.05) is 12.1 Å². The zero-order chi connectivity index (χ0) is 21.9. The quantitative estimate of drug-likeness (QED) is 0.299. The third-order valence-electron chi connectivity index (χ3n) is 4.78. The van der Waals surface area contributed by atoms with E-state index in [4.69, 9.17) is 5.11 Å². The van der Waals surface area contributed by atoms with E-state index in [1.165, 1.54) is 29.1 Å². The molecule has 30 heavy (non-hydrogen) atoms. The Hall–Kier alpha value is -0.930. The van der Waals surface area contributed by atoms with E-state index in [2.05, 4.69) is 18.4 Å². The van der Waals surface area contributed by atoms with Crippen LogP contribution in [-0.4, -0.2) is 68.0 Å². The molecule has 0 radical (unpaired) electrons. The molecule has 3 N–H and O–H groups in total. The first-order chi connectivity index (χ1) is 14.4. The van der Waals surface area contributed by atoms with Crippen LogP contribution in [0.15, 0.2) is 36.4 Å². The van der Waals surface area contributed by atoms with Crippen molar-refractivity contribution in [2.24, 2.45) is 5.92 Å². The van der Waals surface area contributed by atoms with Gasteiger partial charge in [0, 0.05) is 24.5 Å². The predicted molar refractivity (Wildman–Crippen MR) is 127 cm³/mol. The van der Waals surface area contributed by atoms with Gasteiger partial charge in [0.15, 0.2) is 0 Å². The molecule has 1 saturated carbocycles. The smallest absolute Gasteiger partial charge is 0.313 e. The molecule has 1 aliphatic rings. The number of hydrogen-bond donors (Lipinski definition) is 3. The van der Waals surface area contributed by atoms with Crippen LogP contribution in [0.1, 0.15) is 24.0 Å². The van der Waals surface area contributed by atoms with Crippen LogP contribution >= 0.6 is 35.3 Å². The van der Waals surface area contributed by atoms with E-state index in [9.17, 15) is 19.8 Å². The van der Waals surface area contributed by atoms with Crippen LogP contribution in [0.2, 0.25) is 0 Å². The SMILES string of the molecule is CSCc1cccc(CC(O)/C=C/[C@H]2[C@H](O)CC(=O)[C@@H]2SCCCSCC(=O)O)c1. The van der Waals surface area contributed by atoms with Crippen LogP contribution in [0.25, 0.3) is 0 Å². The number of aliphatic hydroxyl groups is 2. The Balaban J connectivity index is 1.85. The summed E-state index contributed by atoms with van der Waals surface area (Å²) in [5.74, 6) is 1.43. The maximum Gasteiger partial charge on any atom is 0.313 e. The van der Waals surface area contributed by atoms with Crippen molar-refractivity contribution in [3.63, 3.8) is 0 Å². The number of aliphatic hydroxyl groups excluding tert-OH is 2. The largest absolute Gasteiger partial charge is 0.481 e. The van der Waals surface area contributed by atoms with E-state index < -0.39 is 18.2 Å². The number of rotatable bonds is 13. The Morgan fingerprint density at radius 3 is 2.80 bits per heavy atom. The molecule has 1 aliphatic carbocycles. The molecule has 166 valence electrons. The fraction of sp³-hybridized carbons (Fsp3) is 0.545. The maximum absolute atomic E-state index is 12.3. The van der Waals surface area contributed by atoms with Crippen molar-refractivity contribution >= 4 is 47.0 Å². The zero-order valence-electron chi connectivity index (χ0n) is 17.1. The number of carboxylic acids is 1. The number of carbonyl (C=O) groups excluding carboxylic acids is 1. The molecule has 0 bridgehead atoms. The third-order valence-corrected chi connectivity index (χ3v) is 7.89. The second-order valence-corrected chi connectivity index (χ2v) is 10.5. The summed E-state index contributed by atoms with van der Waals surface area (Å²) in [5.41, 5.74) is 2.29. The van der Waals surface area contributed by atoms with Crippen molar-refractivity contribution in [2.75, 3.05) is 23.5 Å². The second kappa shape index (κ2) is 13.5. The van der Waals surface area contributed by atoms with Gasteiger partial charge < -0.3 is 15.3 Å². The minimum Gasteiger partial charge on any atom is -0.481 e. The van der Waals surface area contributed by atoms with Gasteiger partial charge in [-0.15, -0.1) is 11.8 Å². The monoisotopic (exact) mass is 470 g/mol. The van der Waals surface area contributed by atoms with Gasteiger partial charge in [0.1, 0.15) is 5.78 Å². The van der Waals surface area contributed by atoms with Crippen molar-refractivity contribution in [2.45, 2.75) is 42.5 Å². The summed E-state index contributed by atoms with van der Waals surface area (Å²) in [4.78, 5) is 22.8. The number of thioether (sulfide) groups is 3. The van der Waals surface area contributed by atoms with Gasteiger partial charge in [0.05, 0.1) is 23.2 Å². The molecular formula is C22H30O5S3. The van der Waals surface area contributed by atoms with Crippen LogP contribution < -0.4 is 0 Å². The third kappa shape index (κ3) is 8.67. The lowest BCUT2D eigenvalue weighted by Crippen LogP contribution is -2.22. The summed E-state index contributed by atoms with van der Waals surface area (Å²) in [6.07, 6.45) is 5.62. The van der Waals surface area contributed by atoms with Crippen LogP contribution in [0, 0.1) is 5.92 Å². The van der Waals surface area contributed by atoms with Crippen molar-refractivity contribution in [1.29, 1.82) is 0 Å². The van der Waals surface area contributed by atoms with E-state index in [1.54, 1.807) is 23.9 Å². The Morgan fingerprint density at radius 2 is 2.07 bits per heavy atom. The molecular weight excluding hydrogens is 440 g/mol. The number of Topliss-reactive ketones (excluding diaryl/α,β-unsaturated/α-hetero) is 1. The number of aliphatic carboxylic acids is 1. The molecule has 4 atom stereocenters. The predicted octanol–water partition coefficient (Wildman–Crippen LogP) is 3.27. The van der Waals surface area contributed by atoms with Crippen LogP contribution in [0.5, 0.6) is 0 Å². The molecule has 1 unspecified atom stereocenters. The van der Waals surface area contributed by atoms with Crippen LogP contribution in [-0.2, 0) is 21.8 Å². The summed E-state index contributed by atoms with van der Waals surface area (Å²) in [7, 11) is 0. The normalized spacial score (nSPS) is 22.6. The minimum atomic E-state index is -0.818. The lowest BCUT2D eigenvalue weighted by Gasteiger charge is -2.17. The fourth-order valence-electron chi connectivity index (χ4n) is 3.42. The maximum atomic E-state index is 12.3. The van der Waals surface area contributed by atoms with E-state index >= 15 is 0 Å². The summed E-state index contributed by atoms with van der Waals surface area (Å²) in [6, 6.07) is 8.17. The molecule has 2 rings (SSSR count). The molecule has 0 spiro atoms. The molecule has 0 amide bonds. The first kappa shape index (κ1) is 25.3. The minimum absolute atomic E-state index is 0.0413. The van der Waals surface area contributed by atoms with Crippen molar-refractivity contribution in [3.8, 4) is 0 Å². The summed E-state index contributed by atoms with van der Waals surface area (Å²) >= 11 is 4.65. The Morgan fingerprint density at radius 1 is 1.30 bits per heavy atom. The molecule has 0 aromatic heterocycles. The second-order valence-electron chi connectivity index (χ2n) is 7.32. The zero-order valence-corrected chi connectivity index (χ0v) is 19.6. The first-order valence-electron chi connectivity index (χ1n) is 9.95. The van der Waals surface area contributed by atoms with E-state index in [0.717, 1.165) is 29.2 Å². The molecule has 8 heteroatoms. The Labute approximate surface area is 191 Å². The van der Waals surface area contributed by atoms with Gasteiger partial charge in [-0.05, 0) is 35.3 Å². The van der Waals surface area contributed by atoms with Gasteiger partial charge in [-0.25, -0.2) is 0 Å². The molecule has 0 saturated heterocycles. The topological polar surface area (TPSA) is 94.8 Å². The highest BCUT2D eigenvalue weighted by molar-refractivity contribution is 8.01. The summed E-state index contributed by atoms with van der Waals surface area (Å²) in [6.45, 7) is 0. The standard InChI is InChI=1S/C22H30O5S3/c1-28-13-16-5-2-4-15(10-16)11-17(23)6-7-18-19(24)12-20(25)22(18)30-9-3-8-29-14-21(26)27/h2,4-7,10,17-19,22-24H,3,8-9,11-14H2,1H3,(H,26,27)/b7-6+/t17?,18-,19+,22+/m0/s1. The highest BCUT2D eigenvalue weighted by Gasteiger charge is 2.40. The van der Waals surface area contributed by atoms with Crippen LogP contribution in [0.4, 0.5) is 0 Å². The molecule has 1 fully saturated rings. The summed E-state index contributed by atoms with van der Waals surface area (Å²) in [5, 5.41) is 29.1. The van der Waals surface area contributed by atoms with E-state index in [-0.39, 0.29) is 29.1 Å². The number of ketones is 1. The molecule has 1 aromatic rings. The molecule has 5 nitrogen and oxygen atoms in total. The highest BCUT2D eigenvalue weighted by Crippen LogP contribution is 2.34. The highest BCUT2D eigenvalue weighted by atomic mass is 32.2. The number of hydrogen-bond acceptors (Lipinski definition) is 7. The van der Waals surface area contributed by atoms with Gasteiger partial charge in [-0.3, -0.25) is 9.59 Å². The summed E-state index contributed by atoms with van der Waals surface area (Å²) < 4.78 is 0. The van der Waals surface area contributed by atoms with Gasteiger partial charge in [0.25, 0.3) is 0 Å². The van der Waals surface area contributed by atoms with Crippen molar-refractivity contribution < 1.29 is 24.9 Å². The average Bonchev–Trinajstić information content (AvgIpc) is 2.95. The lowest BCUT2D eigenvalue weighted by atomic mass is 10.0. The lowest BCUT2D eigenvalue weighted by molar-refractivity contribution is -0.133. The molecule has 0 aliphatic heterocycles.